The van der Waals surface area contributed by atoms with Gasteiger partial charge in [0.05, 0.1) is 6.61 Å². The fraction of sp³-hybridized carbons (Fsp3) is 0.533. The lowest BCUT2D eigenvalue weighted by Gasteiger charge is -2.35. The highest BCUT2D eigenvalue weighted by molar-refractivity contribution is 9.10. The lowest BCUT2D eigenvalue weighted by atomic mass is 9.83. The van der Waals surface area contributed by atoms with Gasteiger partial charge in [-0.3, -0.25) is 0 Å². The Morgan fingerprint density at radius 2 is 2.11 bits per heavy atom. The summed E-state index contributed by atoms with van der Waals surface area (Å²) in [5.41, 5.74) is 0.202. The van der Waals surface area contributed by atoms with Crippen molar-refractivity contribution in [2.75, 3.05) is 11.9 Å². The van der Waals surface area contributed by atoms with Crippen LogP contribution in [0.15, 0.2) is 28.7 Å². The first-order valence-corrected chi connectivity index (χ1v) is 7.42. The molecule has 1 unspecified atom stereocenters. The first-order chi connectivity index (χ1) is 8.93. The van der Waals surface area contributed by atoms with E-state index in [4.69, 9.17) is 4.74 Å². The number of nitrogens with one attached hydrogen (secondary N) is 1. The van der Waals surface area contributed by atoms with Gasteiger partial charge in [0.1, 0.15) is 5.54 Å². The minimum absolute atomic E-state index is 0.0332. The van der Waals surface area contributed by atoms with Crippen LogP contribution in [0.5, 0.6) is 0 Å². The average Bonchev–Trinajstić information content (AvgIpc) is 3.12. The lowest BCUT2D eigenvalue weighted by Crippen LogP contribution is -2.51. The van der Waals surface area contributed by atoms with Gasteiger partial charge in [-0.15, -0.1) is 0 Å². The number of halogens is 1. The Morgan fingerprint density at radius 3 is 2.63 bits per heavy atom. The number of carbonyl (C=O) groups is 1. The SMILES string of the molecule is CCOC(=O)C(C)(Nc1ccccc1Br)C1(C)CC1. The second-order valence-electron chi connectivity index (χ2n) is 5.51. The highest BCUT2D eigenvalue weighted by Gasteiger charge is 2.58. The molecule has 1 fully saturated rings. The Balaban J connectivity index is 2.29. The fourth-order valence-corrected chi connectivity index (χ4v) is 2.63. The first-order valence-electron chi connectivity index (χ1n) is 6.63. The molecule has 0 heterocycles. The van der Waals surface area contributed by atoms with Crippen LogP contribution < -0.4 is 5.32 Å². The zero-order chi connectivity index (χ0) is 14.1. The van der Waals surface area contributed by atoms with E-state index in [9.17, 15) is 4.79 Å². The van der Waals surface area contributed by atoms with Gasteiger partial charge < -0.3 is 10.1 Å². The van der Waals surface area contributed by atoms with Crippen molar-refractivity contribution in [3.8, 4) is 0 Å². The van der Waals surface area contributed by atoms with Gasteiger partial charge in [0.2, 0.25) is 0 Å². The van der Waals surface area contributed by atoms with Gasteiger partial charge in [-0.2, -0.15) is 0 Å². The second kappa shape index (κ2) is 5.16. The quantitative estimate of drug-likeness (QED) is 0.832. The van der Waals surface area contributed by atoms with Gasteiger partial charge in [-0.1, -0.05) is 19.1 Å². The van der Waals surface area contributed by atoms with Crippen LogP contribution in [0.3, 0.4) is 0 Å². The summed E-state index contributed by atoms with van der Waals surface area (Å²) in [5, 5.41) is 3.39. The number of para-hydroxylation sites is 1. The predicted octanol–water partition coefficient (Wildman–Crippen LogP) is 3.98. The molecule has 4 heteroatoms. The second-order valence-corrected chi connectivity index (χ2v) is 6.37. The summed E-state index contributed by atoms with van der Waals surface area (Å²) in [6.45, 7) is 6.32. The topological polar surface area (TPSA) is 38.3 Å². The molecule has 0 saturated heterocycles. The smallest absolute Gasteiger partial charge is 0.332 e. The van der Waals surface area contributed by atoms with Crippen molar-refractivity contribution >= 4 is 27.6 Å². The van der Waals surface area contributed by atoms with Crippen LogP contribution in [0, 0.1) is 5.41 Å². The predicted molar refractivity (Wildman–Crippen MR) is 80.1 cm³/mol. The van der Waals surface area contributed by atoms with Crippen LogP contribution in [0.1, 0.15) is 33.6 Å². The molecule has 0 amide bonds. The summed E-state index contributed by atoms with van der Waals surface area (Å²) < 4.78 is 6.22. The number of carbonyl (C=O) groups excluding carboxylic acids is 1. The third-order valence-electron chi connectivity index (χ3n) is 4.15. The molecule has 1 N–H and O–H groups in total. The van der Waals surface area contributed by atoms with Gasteiger partial charge in [-0.25, -0.2) is 4.79 Å². The lowest BCUT2D eigenvalue weighted by molar-refractivity contribution is -0.150. The van der Waals surface area contributed by atoms with Gasteiger partial charge in [-0.05, 0) is 54.8 Å². The average molecular weight is 326 g/mol. The van der Waals surface area contributed by atoms with Crippen molar-refractivity contribution in [2.24, 2.45) is 5.41 Å². The molecular weight excluding hydrogens is 306 g/mol. The Kier molecular flexibility index (Phi) is 3.90. The van der Waals surface area contributed by atoms with Crippen molar-refractivity contribution < 1.29 is 9.53 Å². The van der Waals surface area contributed by atoms with E-state index in [2.05, 4.69) is 28.2 Å². The van der Waals surface area contributed by atoms with Crippen LogP contribution in [-0.2, 0) is 9.53 Å². The minimum atomic E-state index is -0.688. The minimum Gasteiger partial charge on any atom is -0.464 e. The van der Waals surface area contributed by atoms with E-state index in [0.717, 1.165) is 23.0 Å². The maximum Gasteiger partial charge on any atom is 0.332 e. The van der Waals surface area contributed by atoms with E-state index in [-0.39, 0.29) is 11.4 Å². The highest BCUT2D eigenvalue weighted by atomic mass is 79.9. The summed E-state index contributed by atoms with van der Waals surface area (Å²) in [7, 11) is 0. The van der Waals surface area contributed by atoms with Crippen LogP contribution >= 0.6 is 15.9 Å². The molecule has 3 nitrogen and oxygen atoms in total. The summed E-state index contributed by atoms with van der Waals surface area (Å²) >= 11 is 3.51. The molecule has 0 aromatic heterocycles. The van der Waals surface area contributed by atoms with Crippen LogP contribution in [0.2, 0.25) is 0 Å². The van der Waals surface area contributed by atoms with Crippen LogP contribution in [0.4, 0.5) is 5.69 Å². The first kappa shape index (κ1) is 14.4. The largest absolute Gasteiger partial charge is 0.464 e. The van der Waals surface area contributed by atoms with Gasteiger partial charge in [0, 0.05) is 15.6 Å². The molecule has 1 aliphatic carbocycles. The maximum atomic E-state index is 12.4. The standard InChI is InChI=1S/C15H20BrNO2/c1-4-19-13(18)15(3,14(2)9-10-14)17-12-8-6-5-7-11(12)16/h5-8,17H,4,9-10H2,1-3H3. The number of anilines is 1. The summed E-state index contributed by atoms with van der Waals surface area (Å²) in [6.07, 6.45) is 2.08. The van der Waals surface area contributed by atoms with Crippen molar-refractivity contribution in [3.05, 3.63) is 28.7 Å². The Morgan fingerprint density at radius 1 is 1.47 bits per heavy atom. The molecule has 1 saturated carbocycles. The maximum absolute atomic E-state index is 12.4. The Hall–Kier alpha value is -1.03. The third-order valence-corrected chi connectivity index (χ3v) is 4.84. The molecule has 1 aromatic rings. The normalized spacial score (nSPS) is 19.4. The molecule has 1 aliphatic rings. The molecule has 0 aliphatic heterocycles. The summed E-state index contributed by atoms with van der Waals surface area (Å²) in [5.74, 6) is -0.175. The molecular formula is C15H20BrNO2. The number of rotatable bonds is 5. The number of hydrogen-bond acceptors (Lipinski definition) is 3. The summed E-state index contributed by atoms with van der Waals surface area (Å²) in [6, 6.07) is 7.83. The van der Waals surface area contributed by atoms with Crippen molar-refractivity contribution in [1.29, 1.82) is 0 Å². The van der Waals surface area contributed by atoms with E-state index in [1.807, 2.05) is 38.1 Å². The van der Waals surface area contributed by atoms with Crippen LogP contribution in [0.25, 0.3) is 0 Å². The number of ether oxygens (including phenoxy) is 1. The molecule has 1 aromatic carbocycles. The number of hydrogen-bond donors (Lipinski definition) is 1. The molecule has 0 spiro atoms. The van der Waals surface area contributed by atoms with Gasteiger partial charge >= 0.3 is 5.97 Å². The highest BCUT2D eigenvalue weighted by Crippen LogP contribution is 2.55. The molecule has 104 valence electrons. The van der Waals surface area contributed by atoms with Crippen LogP contribution in [-0.4, -0.2) is 18.1 Å². The van der Waals surface area contributed by atoms with E-state index < -0.39 is 5.54 Å². The number of benzene rings is 1. The van der Waals surface area contributed by atoms with E-state index in [0.29, 0.717) is 6.61 Å². The molecule has 2 rings (SSSR count). The molecule has 0 radical (unpaired) electrons. The Bertz CT molecular complexity index is 485. The zero-order valence-corrected chi connectivity index (χ0v) is 13.2. The number of esters is 1. The molecule has 19 heavy (non-hydrogen) atoms. The van der Waals surface area contributed by atoms with Gasteiger partial charge in [0.25, 0.3) is 0 Å². The fourth-order valence-electron chi connectivity index (χ4n) is 2.24. The summed E-state index contributed by atoms with van der Waals surface area (Å²) in [4.78, 5) is 12.4. The van der Waals surface area contributed by atoms with E-state index in [1.54, 1.807) is 0 Å². The van der Waals surface area contributed by atoms with Crippen molar-refractivity contribution in [3.63, 3.8) is 0 Å². The Labute approximate surface area is 122 Å². The zero-order valence-electron chi connectivity index (χ0n) is 11.6. The third kappa shape index (κ3) is 2.64. The van der Waals surface area contributed by atoms with E-state index >= 15 is 0 Å². The van der Waals surface area contributed by atoms with Gasteiger partial charge in [0.15, 0.2) is 0 Å². The van der Waals surface area contributed by atoms with Crippen molar-refractivity contribution in [2.45, 2.75) is 39.2 Å². The monoisotopic (exact) mass is 325 g/mol. The molecule has 0 bridgehead atoms. The molecule has 1 atom stereocenters. The van der Waals surface area contributed by atoms with E-state index in [1.165, 1.54) is 0 Å². The van der Waals surface area contributed by atoms with Crippen molar-refractivity contribution in [1.82, 2.24) is 0 Å².